The van der Waals surface area contributed by atoms with E-state index in [2.05, 4.69) is 11.6 Å². The van der Waals surface area contributed by atoms with Crippen molar-refractivity contribution >= 4 is 15.7 Å². The maximum Gasteiger partial charge on any atom is 0.215 e. The molecule has 1 aromatic rings. The van der Waals surface area contributed by atoms with Gasteiger partial charge in [0, 0.05) is 17.8 Å². The number of ether oxygens (including phenoxy) is 1. The first kappa shape index (κ1) is 14.1. The molecule has 3 N–H and O–H groups in total. The van der Waals surface area contributed by atoms with Crippen molar-refractivity contribution in [3.63, 3.8) is 0 Å². The van der Waals surface area contributed by atoms with Gasteiger partial charge < -0.3 is 10.5 Å². The van der Waals surface area contributed by atoms with Crippen molar-refractivity contribution in [2.75, 3.05) is 18.1 Å². The van der Waals surface area contributed by atoms with E-state index >= 15 is 0 Å². The molecule has 0 bridgehead atoms. The minimum absolute atomic E-state index is 0.0330. The molecule has 2 unspecified atom stereocenters. The van der Waals surface area contributed by atoms with E-state index in [0.29, 0.717) is 17.4 Å². The van der Waals surface area contributed by atoms with Gasteiger partial charge in [0.2, 0.25) is 10.0 Å². The lowest BCUT2D eigenvalue weighted by atomic mass is 10.3. The number of anilines is 1. The average Bonchev–Trinajstić information content (AvgIpc) is 3.06. The third kappa shape index (κ3) is 4.40. The van der Waals surface area contributed by atoms with Crippen LogP contribution < -0.4 is 15.2 Å². The van der Waals surface area contributed by atoms with Crippen molar-refractivity contribution in [3.05, 3.63) is 24.3 Å². The summed E-state index contributed by atoms with van der Waals surface area (Å²) in [6.07, 6.45) is 1.97. The van der Waals surface area contributed by atoms with Crippen LogP contribution >= 0.6 is 0 Å². The summed E-state index contributed by atoms with van der Waals surface area (Å²) in [5, 5.41) is 0. The van der Waals surface area contributed by atoms with Gasteiger partial charge in [0.1, 0.15) is 12.4 Å². The molecule has 0 aromatic heterocycles. The number of nitrogens with one attached hydrogen (secondary N) is 1. The summed E-state index contributed by atoms with van der Waals surface area (Å²) in [4.78, 5) is 0. The van der Waals surface area contributed by atoms with Crippen LogP contribution in [0.25, 0.3) is 0 Å². The zero-order valence-corrected chi connectivity index (χ0v) is 11.8. The van der Waals surface area contributed by atoms with E-state index in [1.54, 1.807) is 24.3 Å². The molecule has 0 radical (unpaired) electrons. The number of hydrogen-bond acceptors (Lipinski definition) is 4. The van der Waals surface area contributed by atoms with E-state index in [4.69, 9.17) is 10.5 Å². The van der Waals surface area contributed by atoms with Gasteiger partial charge in [-0.15, -0.1) is 0 Å². The number of benzene rings is 1. The number of rotatable bonds is 7. The zero-order valence-electron chi connectivity index (χ0n) is 11.0. The Bertz CT molecular complexity index is 530. The number of hydrogen-bond donors (Lipinski definition) is 2. The van der Waals surface area contributed by atoms with Gasteiger partial charge in [-0.1, -0.05) is 19.4 Å². The lowest BCUT2D eigenvalue weighted by molar-refractivity contribution is 0.340. The smallest absolute Gasteiger partial charge is 0.215 e. The van der Waals surface area contributed by atoms with E-state index in [9.17, 15) is 8.42 Å². The predicted molar refractivity (Wildman–Crippen MR) is 75.5 cm³/mol. The molecule has 2 rings (SSSR count). The number of nitrogen functional groups attached to an aromatic ring is 1. The lowest BCUT2D eigenvalue weighted by Crippen LogP contribution is -2.31. The van der Waals surface area contributed by atoms with Crippen molar-refractivity contribution in [2.24, 2.45) is 5.92 Å². The molecule has 1 aliphatic carbocycles. The second-order valence-corrected chi connectivity index (χ2v) is 6.74. The van der Waals surface area contributed by atoms with Crippen LogP contribution in [0, 0.1) is 5.92 Å². The molecule has 1 aliphatic rings. The molecule has 5 nitrogen and oxygen atoms in total. The summed E-state index contributed by atoms with van der Waals surface area (Å²) in [6.45, 7) is 2.20. The molecule has 106 valence electrons. The summed E-state index contributed by atoms with van der Waals surface area (Å²) in [5.41, 5.74) is 6.21. The zero-order chi connectivity index (χ0) is 13.9. The predicted octanol–water partition coefficient (Wildman–Crippen LogP) is 1.37. The summed E-state index contributed by atoms with van der Waals surface area (Å²) < 4.78 is 31.6. The molecule has 2 atom stereocenters. The highest BCUT2D eigenvalue weighted by atomic mass is 32.2. The Morgan fingerprint density at radius 3 is 2.89 bits per heavy atom. The standard InChI is InChI=1S/C13H20N2O3S/c1-2-10-8-13(10)15-19(16,17)7-6-18-12-5-3-4-11(14)9-12/h3-5,9-10,13,15H,2,6-8,14H2,1H3. The monoisotopic (exact) mass is 284 g/mol. The molecular weight excluding hydrogens is 264 g/mol. The summed E-state index contributed by atoms with van der Waals surface area (Å²) >= 11 is 0. The van der Waals surface area contributed by atoms with Crippen molar-refractivity contribution in [3.8, 4) is 5.75 Å². The van der Waals surface area contributed by atoms with Crippen LogP contribution in [-0.2, 0) is 10.0 Å². The highest BCUT2D eigenvalue weighted by Crippen LogP contribution is 2.33. The van der Waals surface area contributed by atoms with Gasteiger partial charge in [0.05, 0.1) is 5.75 Å². The van der Waals surface area contributed by atoms with Crippen LogP contribution in [0.1, 0.15) is 19.8 Å². The second-order valence-electron chi connectivity index (χ2n) is 4.87. The van der Waals surface area contributed by atoms with Crippen LogP contribution in [0.2, 0.25) is 0 Å². The van der Waals surface area contributed by atoms with Crippen molar-refractivity contribution < 1.29 is 13.2 Å². The van der Waals surface area contributed by atoms with Crippen LogP contribution in [0.5, 0.6) is 5.75 Å². The number of sulfonamides is 1. The van der Waals surface area contributed by atoms with Gasteiger partial charge in [-0.25, -0.2) is 13.1 Å². The van der Waals surface area contributed by atoms with Crippen molar-refractivity contribution in [1.82, 2.24) is 4.72 Å². The molecule has 6 heteroatoms. The minimum atomic E-state index is -3.25. The van der Waals surface area contributed by atoms with Gasteiger partial charge in [0.15, 0.2) is 0 Å². The largest absolute Gasteiger partial charge is 0.492 e. The van der Waals surface area contributed by atoms with Crippen molar-refractivity contribution in [2.45, 2.75) is 25.8 Å². The van der Waals surface area contributed by atoms with E-state index < -0.39 is 10.0 Å². The summed E-state index contributed by atoms with van der Waals surface area (Å²) in [7, 11) is -3.25. The third-order valence-electron chi connectivity index (χ3n) is 3.26. The number of nitrogens with two attached hydrogens (primary N) is 1. The van der Waals surface area contributed by atoms with E-state index in [1.165, 1.54) is 0 Å². The van der Waals surface area contributed by atoms with Crippen LogP contribution in [0.4, 0.5) is 5.69 Å². The Hall–Kier alpha value is -1.27. The highest BCUT2D eigenvalue weighted by molar-refractivity contribution is 7.89. The van der Waals surface area contributed by atoms with Crippen LogP contribution in [0.15, 0.2) is 24.3 Å². The van der Waals surface area contributed by atoms with Gasteiger partial charge in [-0.05, 0) is 24.5 Å². The molecule has 0 amide bonds. The first-order valence-corrected chi connectivity index (χ1v) is 8.14. The first-order valence-electron chi connectivity index (χ1n) is 6.48. The summed E-state index contributed by atoms with van der Waals surface area (Å²) in [6, 6.07) is 7.08. The van der Waals surface area contributed by atoms with E-state index in [-0.39, 0.29) is 18.4 Å². The molecule has 1 aromatic carbocycles. The van der Waals surface area contributed by atoms with Crippen LogP contribution in [-0.4, -0.2) is 26.8 Å². The molecule has 19 heavy (non-hydrogen) atoms. The lowest BCUT2D eigenvalue weighted by Gasteiger charge is -2.08. The van der Waals surface area contributed by atoms with Crippen LogP contribution in [0.3, 0.4) is 0 Å². The maximum atomic E-state index is 11.8. The molecule has 1 saturated carbocycles. The molecular formula is C13H20N2O3S. The second kappa shape index (κ2) is 5.79. The van der Waals surface area contributed by atoms with Gasteiger partial charge in [-0.3, -0.25) is 0 Å². The topological polar surface area (TPSA) is 81.4 Å². The third-order valence-corrected chi connectivity index (χ3v) is 4.62. The highest BCUT2D eigenvalue weighted by Gasteiger charge is 2.38. The SMILES string of the molecule is CCC1CC1NS(=O)(=O)CCOc1cccc(N)c1. The average molecular weight is 284 g/mol. The molecule has 0 heterocycles. The van der Waals surface area contributed by atoms with Gasteiger partial charge in [0.25, 0.3) is 0 Å². The van der Waals surface area contributed by atoms with Crippen molar-refractivity contribution in [1.29, 1.82) is 0 Å². The quantitative estimate of drug-likeness (QED) is 0.741. The van der Waals surface area contributed by atoms with E-state index in [0.717, 1.165) is 12.8 Å². The molecule has 0 spiro atoms. The first-order chi connectivity index (χ1) is 9.00. The van der Waals surface area contributed by atoms with Gasteiger partial charge >= 0.3 is 0 Å². The fraction of sp³-hybridized carbons (Fsp3) is 0.538. The Morgan fingerprint density at radius 2 is 2.26 bits per heavy atom. The normalized spacial score (nSPS) is 22.2. The Morgan fingerprint density at radius 1 is 1.47 bits per heavy atom. The Balaban J connectivity index is 1.75. The molecule has 0 aliphatic heterocycles. The fourth-order valence-electron chi connectivity index (χ4n) is 2.01. The minimum Gasteiger partial charge on any atom is -0.492 e. The Kier molecular flexibility index (Phi) is 4.31. The molecule has 0 saturated heterocycles. The van der Waals surface area contributed by atoms with Gasteiger partial charge in [-0.2, -0.15) is 0 Å². The maximum absolute atomic E-state index is 11.8. The summed E-state index contributed by atoms with van der Waals surface area (Å²) in [5.74, 6) is 1.06. The fourth-order valence-corrected chi connectivity index (χ4v) is 3.18. The Labute approximate surface area is 114 Å². The van der Waals surface area contributed by atoms with E-state index in [1.807, 2.05) is 0 Å². The molecule has 1 fully saturated rings.